The number of ether oxygens (including phenoxy) is 1. The van der Waals surface area contributed by atoms with E-state index in [1.807, 2.05) is 53.4 Å². The maximum atomic E-state index is 12.9. The summed E-state index contributed by atoms with van der Waals surface area (Å²) in [7, 11) is 1.65. The molecule has 0 saturated carbocycles. The summed E-state index contributed by atoms with van der Waals surface area (Å²) < 4.78 is 6.93. The molecule has 2 heterocycles. The summed E-state index contributed by atoms with van der Waals surface area (Å²) in [5.41, 5.74) is 2.85. The average molecular weight is 349 g/mol. The summed E-state index contributed by atoms with van der Waals surface area (Å²) in [6.07, 6.45) is 2.54. The number of hydrogen-bond donors (Lipinski definition) is 0. The number of aromatic nitrogens is 4. The third kappa shape index (κ3) is 3.15. The van der Waals surface area contributed by atoms with Crippen molar-refractivity contribution in [3.05, 3.63) is 71.5 Å². The number of benzene rings is 2. The Morgan fingerprint density at radius 2 is 2.08 bits per heavy atom. The molecule has 1 fully saturated rings. The molecule has 1 aliphatic rings. The van der Waals surface area contributed by atoms with Gasteiger partial charge in [0.05, 0.1) is 19.7 Å². The van der Waals surface area contributed by atoms with Crippen LogP contribution >= 0.6 is 0 Å². The van der Waals surface area contributed by atoms with E-state index in [4.69, 9.17) is 4.74 Å². The van der Waals surface area contributed by atoms with E-state index < -0.39 is 0 Å². The molecule has 0 aliphatic carbocycles. The third-order valence-corrected chi connectivity index (χ3v) is 4.70. The summed E-state index contributed by atoms with van der Waals surface area (Å²) in [4.78, 5) is 14.8. The van der Waals surface area contributed by atoms with E-state index in [0.717, 1.165) is 29.8 Å². The SMILES string of the molecule is COc1cccc([C@H]2CCN2C(=O)c2ccc(Cn3cnnn3)cc2)c1. The molecule has 0 N–H and O–H groups in total. The Bertz CT molecular complexity index is 893. The Morgan fingerprint density at radius 1 is 1.23 bits per heavy atom. The number of carbonyl (C=O) groups is 1. The Kier molecular flexibility index (Phi) is 4.35. The van der Waals surface area contributed by atoms with Crippen LogP contribution in [-0.2, 0) is 6.54 Å². The molecule has 0 bridgehead atoms. The number of rotatable bonds is 5. The second kappa shape index (κ2) is 6.95. The van der Waals surface area contributed by atoms with Gasteiger partial charge in [-0.25, -0.2) is 4.68 Å². The van der Waals surface area contributed by atoms with Gasteiger partial charge in [-0.05, 0) is 52.2 Å². The Hall–Kier alpha value is -3.22. The van der Waals surface area contributed by atoms with Crippen LogP contribution in [0.5, 0.6) is 5.75 Å². The molecule has 1 saturated heterocycles. The molecule has 7 nitrogen and oxygen atoms in total. The van der Waals surface area contributed by atoms with Gasteiger partial charge < -0.3 is 9.64 Å². The van der Waals surface area contributed by atoms with Gasteiger partial charge in [0, 0.05) is 12.1 Å². The fourth-order valence-electron chi connectivity index (χ4n) is 3.18. The van der Waals surface area contributed by atoms with Gasteiger partial charge in [-0.15, -0.1) is 5.10 Å². The molecule has 3 aromatic rings. The average Bonchev–Trinajstić information content (AvgIpc) is 3.14. The van der Waals surface area contributed by atoms with E-state index in [1.54, 1.807) is 18.1 Å². The Balaban J connectivity index is 1.46. The van der Waals surface area contributed by atoms with Gasteiger partial charge in [-0.3, -0.25) is 4.79 Å². The first-order valence-electron chi connectivity index (χ1n) is 8.49. The molecule has 1 amide bonds. The minimum absolute atomic E-state index is 0.0537. The summed E-state index contributed by atoms with van der Waals surface area (Å²) in [5, 5.41) is 11.1. The Morgan fingerprint density at radius 3 is 2.73 bits per heavy atom. The van der Waals surface area contributed by atoms with Crippen molar-refractivity contribution in [2.75, 3.05) is 13.7 Å². The smallest absolute Gasteiger partial charge is 0.254 e. The van der Waals surface area contributed by atoms with Crippen molar-refractivity contribution in [3.8, 4) is 5.75 Å². The number of carbonyl (C=O) groups excluding carboxylic acids is 1. The van der Waals surface area contributed by atoms with E-state index in [1.165, 1.54) is 0 Å². The monoisotopic (exact) mass is 349 g/mol. The molecule has 0 radical (unpaired) electrons. The highest BCUT2D eigenvalue weighted by atomic mass is 16.5. The van der Waals surface area contributed by atoms with Crippen LogP contribution in [0.2, 0.25) is 0 Å². The zero-order valence-corrected chi connectivity index (χ0v) is 14.4. The first-order valence-corrected chi connectivity index (χ1v) is 8.49. The van der Waals surface area contributed by atoms with Crippen LogP contribution in [0.25, 0.3) is 0 Å². The zero-order valence-electron chi connectivity index (χ0n) is 14.4. The summed E-state index contributed by atoms with van der Waals surface area (Å²) in [5.74, 6) is 0.867. The lowest BCUT2D eigenvalue weighted by Gasteiger charge is -2.41. The molecular formula is C19H19N5O2. The van der Waals surface area contributed by atoms with Crippen molar-refractivity contribution in [2.45, 2.75) is 19.0 Å². The largest absolute Gasteiger partial charge is 0.497 e. The van der Waals surface area contributed by atoms with E-state index >= 15 is 0 Å². The fraction of sp³-hybridized carbons (Fsp3) is 0.263. The molecule has 26 heavy (non-hydrogen) atoms. The van der Waals surface area contributed by atoms with Gasteiger partial charge in [0.25, 0.3) is 5.91 Å². The molecule has 0 spiro atoms. The van der Waals surface area contributed by atoms with Gasteiger partial charge in [0.15, 0.2) is 0 Å². The number of methoxy groups -OCH3 is 1. The van der Waals surface area contributed by atoms with Crippen molar-refractivity contribution in [1.82, 2.24) is 25.1 Å². The molecule has 1 atom stereocenters. The highest BCUT2D eigenvalue weighted by Gasteiger charge is 2.33. The molecule has 2 aromatic carbocycles. The lowest BCUT2D eigenvalue weighted by molar-refractivity contribution is 0.0460. The molecular weight excluding hydrogens is 330 g/mol. The highest BCUT2D eigenvalue weighted by molar-refractivity contribution is 5.95. The molecule has 4 rings (SSSR count). The number of hydrogen-bond acceptors (Lipinski definition) is 5. The highest BCUT2D eigenvalue weighted by Crippen LogP contribution is 2.35. The number of tetrazole rings is 1. The van der Waals surface area contributed by atoms with Crippen LogP contribution in [0.4, 0.5) is 0 Å². The van der Waals surface area contributed by atoms with Gasteiger partial charge in [-0.2, -0.15) is 0 Å². The van der Waals surface area contributed by atoms with Crippen molar-refractivity contribution in [1.29, 1.82) is 0 Å². The van der Waals surface area contributed by atoms with Crippen molar-refractivity contribution >= 4 is 5.91 Å². The van der Waals surface area contributed by atoms with Crippen LogP contribution < -0.4 is 4.74 Å². The zero-order chi connectivity index (χ0) is 17.9. The van der Waals surface area contributed by atoms with Crippen LogP contribution in [0.3, 0.4) is 0 Å². The van der Waals surface area contributed by atoms with Crippen LogP contribution in [0.15, 0.2) is 54.9 Å². The molecule has 7 heteroatoms. The first kappa shape index (κ1) is 16.3. The number of nitrogens with zero attached hydrogens (tertiary/aromatic N) is 5. The van der Waals surface area contributed by atoms with E-state index in [2.05, 4.69) is 15.5 Å². The quantitative estimate of drug-likeness (QED) is 0.707. The predicted octanol–water partition coefficient (Wildman–Crippen LogP) is 2.32. The third-order valence-electron chi connectivity index (χ3n) is 4.70. The maximum absolute atomic E-state index is 12.9. The summed E-state index contributed by atoms with van der Waals surface area (Å²) in [6, 6.07) is 15.6. The van der Waals surface area contributed by atoms with E-state index in [0.29, 0.717) is 12.1 Å². The minimum Gasteiger partial charge on any atom is -0.497 e. The summed E-state index contributed by atoms with van der Waals surface area (Å²) >= 11 is 0. The first-order chi connectivity index (χ1) is 12.7. The van der Waals surface area contributed by atoms with Gasteiger partial charge in [-0.1, -0.05) is 24.3 Å². The summed E-state index contributed by atoms with van der Waals surface area (Å²) in [6.45, 7) is 1.35. The van der Waals surface area contributed by atoms with Crippen molar-refractivity contribution < 1.29 is 9.53 Å². The molecule has 1 aromatic heterocycles. The fourth-order valence-corrected chi connectivity index (χ4v) is 3.18. The van der Waals surface area contributed by atoms with Crippen LogP contribution in [0, 0.1) is 0 Å². The maximum Gasteiger partial charge on any atom is 0.254 e. The number of likely N-dealkylation sites (tertiary alicyclic amines) is 1. The van der Waals surface area contributed by atoms with E-state index in [-0.39, 0.29) is 11.9 Å². The normalized spacial score (nSPS) is 16.2. The van der Waals surface area contributed by atoms with Gasteiger partial charge >= 0.3 is 0 Å². The minimum atomic E-state index is 0.0537. The van der Waals surface area contributed by atoms with Gasteiger partial charge in [0.2, 0.25) is 0 Å². The van der Waals surface area contributed by atoms with E-state index in [9.17, 15) is 4.79 Å². The predicted molar refractivity (Wildman–Crippen MR) is 94.7 cm³/mol. The standard InChI is InChI=1S/C19H19N5O2/c1-26-17-4-2-3-16(11-17)18-9-10-24(18)19(25)15-7-5-14(6-8-15)12-23-13-20-21-22-23/h2-8,11,13,18H,9-10,12H2,1H3/t18-/m1/s1. The van der Waals surface area contributed by atoms with Crippen LogP contribution in [-0.4, -0.2) is 44.7 Å². The van der Waals surface area contributed by atoms with Crippen molar-refractivity contribution in [3.63, 3.8) is 0 Å². The molecule has 1 aliphatic heterocycles. The Labute approximate surface area is 151 Å². The second-order valence-electron chi connectivity index (χ2n) is 6.28. The number of amides is 1. The molecule has 132 valence electrons. The second-order valence-corrected chi connectivity index (χ2v) is 6.28. The van der Waals surface area contributed by atoms with Gasteiger partial charge in [0.1, 0.15) is 12.1 Å². The van der Waals surface area contributed by atoms with Crippen LogP contribution in [0.1, 0.15) is 33.9 Å². The lowest BCUT2D eigenvalue weighted by atomic mass is 9.93. The molecule has 0 unspecified atom stereocenters. The lowest BCUT2D eigenvalue weighted by Crippen LogP contribution is -2.45. The van der Waals surface area contributed by atoms with Crippen molar-refractivity contribution in [2.24, 2.45) is 0 Å². The topological polar surface area (TPSA) is 73.1 Å².